The van der Waals surface area contributed by atoms with Crippen LogP contribution in [0.4, 0.5) is 13.2 Å². The van der Waals surface area contributed by atoms with Crippen LogP contribution in [0.3, 0.4) is 0 Å². The Morgan fingerprint density at radius 2 is 2.00 bits per heavy atom. The zero-order valence-electron chi connectivity index (χ0n) is 12.8. The standard InChI is InChI=1S/C18H16F3NO2/c19-12-8-11(9-13(20)10-12)3-4-16(24)18(21)6-5-15(23)17-14(18)2-1-7-22-17/h1-2,7-10,15,23H,3-6H2/t15-,18-/m0/s1. The quantitative estimate of drug-likeness (QED) is 0.929. The molecule has 1 heterocycles. The second-order valence-electron chi connectivity index (χ2n) is 5.99. The van der Waals surface area contributed by atoms with E-state index in [9.17, 15) is 18.7 Å². The number of fused-ring (bicyclic) bond motifs is 1. The van der Waals surface area contributed by atoms with Crippen molar-refractivity contribution >= 4 is 5.78 Å². The van der Waals surface area contributed by atoms with Gasteiger partial charge in [-0.3, -0.25) is 9.78 Å². The first kappa shape index (κ1) is 16.6. The van der Waals surface area contributed by atoms with E-state index in [2.05, 4.69) is 4.98 Å². The number of Topliss-reactive ketones (excluding diaryl/α,β-unsaturated/α-hetero) is 1. The Bertz CT molecular complexity index is 760. The molecule has 3 nitrogen and oxygen atoms in total. The summed E-state index contributed by atoms with van der Waals surface area (Å²) < 4.78 is 41.7. The van der Waals surface area contributed by atoms with Gasteiger partial charge in [0.1, 0.15) is 11.6 Å². The molecule has 1 N–H and O–H groups in total. The number of benzene rings is 1. The lowest BCUT2D eigenvalue weighted by Gasteiger charge is -2.32. The van der Waals surface area contributed by atoms with Crippen molar-refractivity contribution in [3.05, 3.63) is 65.0 Å². The number of alkyl halides is 1. The number of aliphatic hydroxyl groups excluding tert-OH is 1. The Morgan fingerprint density at radius 1 is 1.29 bits per heavy atom. The molecule has 2 atom stereocenters. The molecular weight excluding hydrogens is 319 g/mol. The molecule has 1 aliphatic rings. The molecule has 0 radical (unpaired) electrons. The van der Waals surface area contributed by atoms with Gasteiger partial charge < -0.3 is 5.11 Å². The smallest absolute Gasteiger partial charge is 0.195 e. The van der Waals surface area contributed by atoms with Gasteiger partial charge in [0.2, 0.25) is 0 Å². The summed E-state index contributed by atoms with van der Waals surface area (Å²) in [5, 5.41) is 9.92. The number of nitrogens with zero attached hydrogens (tertiary/aromatic N) is 1. The summed E-state index contributed by atoms with van der Waals surface area (Å²) in [4.78, 5) is 16.4. The van der Waals surface area contributed by atoms with Crippen LogP contribution >= 0.6 is 0 Å². The molecule has 3 rings (SSSR count). The summed E-state index contributed by atoms with van der Waals surface area (Å²) in [6, 6.07) is 5.96. The number of rotatable bonds is 4. The van der Waals surface area contributed by atoms with Gasteiger partial charge in [-0.05, 0) is 43.0 Å². The second-order valence-corrected chi connectivity index (χ2v) is 5.99. The fraction of sp³-hybridized carbons (Fsp3) is 0.333. The molecule has 1 aliphatic carbocycles. The highest BCUT2D eigenvalue weighted by Gasteiger charge is 2.45. The van der Waals surface area contributed by atoms with E-state index in [-0.39, 0.29) is 36.9 Å². The zero-order valence-corrected chi connectivity index (χ0v) is 12.8. The lowest BCUT2D eigenvalue weighted by Crippen LogP contribution is -2.36. The van der Waals surface area contributed by atoms with Gasteiger partial charge in [-0.1, -0.05) is 6.07 Å². The number of aryl methyl sites for hydroxylation is 1. The summed E-state index contributed by atoms with van der Waals surface area (Å²) in [5.41, 5.74) is -1.67. The molecular formula is C18H16F3NO2. The van der Waals surface area contributed by atoms with Gasteiger partial charge >= 0.3 is 0 Å². The van der Waals surface area contributed by atoms with Crippen LogP contribution in [0.2, 0.25) is 0 Å². The van der Waals surface area contributed by atoms with Crippen molar-refractivity contribution in [2.75, 3.05) is 0 Å². The maximum atomic E-state index is 15.3. The fourth-order valence-electron chi connectivity index (χ4n) is 3.13. The SMILES string of the molecule is O=C(CCc1cc(F)cc(F)c1)[C@]1(F)CC[C@H](O)c2ncccc21. The first-order chi connectivity index (χ1) is 11.4. The second kappa shape index (κ2) is 6.36. The molecule has 1 aromatic carbocycles. The lowest BCUT2D eigenvalue weighted by atomic mass is 9.77. The van der Waals surface area contributed by atoms with Gasteiger partial charge in [0.25, 0.3) is 0 Å². The number of ketones is 1. The van der Waals surface area contributed by atoms with Gasteiger partial charge in [0.15, 0.2) is 11.5 Å². The number of aromatic nitrogens is 1. The monoisotopic (exact) mass is 335 g/mol. The number of aliphatic hydroxyl groups is 1. The van der Waals surface area contributed by atoms with Crippen molar-refractivity contribution in [2.45, 2.75) is 37.5 Å². The molecule has 1 aromatic heterocycles. The maximum Gasteiger partial charge on any atom is 0.195 e. The van der Waals surface area contributed by atoms with Crippen molar-refractivity contribution in [1.29, 1.82) is 0 Å². The highest BCUT2D eigenvalue weighted by Crippen LogP contribution is 2.43. The number of hydrogen-bond donors (Lipinski definition) is 1. The topological polar surface area (TPSA) is 50.2 Å². The van der Waals surface area contributed by atoms with Crippen molar-refractivity contribution in [3.8, 4) is 0 Å². The summed E-state index contributed by atoms with van der Waals surface area (Å²) in [6.07, 6.45) is 0.356. The highest BCUT2D eigenvalue weighted by atomic mass is 19.1. The Labute approximate surface area is 137 Å². The third-order valence-electron chi connectivity index (χ3n) is 4.35. The summed E-state index contributed by atoms with van der Waals surface area (Å²) in [7, 11) is 0. The largest absolute Gasteiger partial charge is 0.387 e. The van der Waals surface area contributed by atoms with Crippen molar-refractivity contribution in [1.82, 2.24) is 4.98 Å². The van der Waals surface area contributed by atoms with E-state index in [0.29, 0.717) is 5.56 Å². The lowest BCUT2D eigenvalue weighted by molar-refractivity contribution is -0.133. The molecule has 0 aliphatic heterocycles. The molecule has 126 valence electrons. The minimum atomic E-state index is -2.23. The molecule has 0 unspecified atom stereocenters. The summed E-state index contributed by atoms with van der Waals surface area (Å²) >= 11 is 0. The normalized spacial score (nSPS) is 22.9. The number of carbonyl (C=O) groups excluding carboxylic acids is 1. The summed E-state index contributed by atoms with van der Waals surface area (Å²) in [5.74, 6) is -2.14. The van der Waals surface area contributed by atoms with Gasteiger partial charge in [0.05, 0.1) is 11.8 Å². The van der Waals surface area contributed by atoms with Crippen LogP contribution in [0.1, 0.15) is 42.2 Å². The number of carbonyl (C=O) groups is 1. The molecule has 0 bridgehead atoms. The predicted octanol–water partition coefficient (Wildman–Crippen LogP) is 3.55. The van der Waals surface area contributed by atoms with E-state index in [1.807, 2.05) is 0 Å². The minimum absolute atomic E-state index is 0.0390. The van der Waals surface area contributed by atoms with Gasteiger partial charge in [-0.25, -0.2) is 13.2 Å². The number of halogens is 3. The average molecular weight is 335 g/mol. The van der Waals surface area contributed by atoms with E-state index < -0.39 is 29.2 Å². The fourth-order valence-corrected chi connectivity index (χ4v) is 3.13. The maximum absolute atomic E-state index is 15.3. The molecule has 0 saturated heterocycles. The molecule has 0 saturated carbocycles. The van der Waals surface area contributed by atoms with Crippen LogP contribution in [-0.4, -0.2) is 15.9 Å². The first-order valence-electron chi connectivity index (χ1n) is 7.71. The molecule has 0 spiro atoms. The third-order valence-corrected chi connectivity index (χ3v) is 4.35. The zero-order chi connectivity index (χ0) is 17.3. The van der Waals surface area contributed by atoms with E-state index in [0.717, 1.165) is 18.2 Å². The van der Waals surface area contributed by atoms with Crippen LogP contribution in [0.15, 0.2) is 36.5 Å². The number of hydrogen-bond acceptors (Lipinski definition) is 3. The van der Waals surface area contributed by atoms with E-state index >= 15 is 4.39 Å². The Balaban J connectivity index is 1.81. The van der Waals surface area contributed by atoms with Crippen molar-refractivity contribution in [2.24, 2.45) is 0 Å². The highest BCUT2D eigenvalue weighted by molar-refractivity contribution is 5.89. The van der Waals surface area contributed by atoms with E-state index in [1.54, 1.807) is 0 Å². The van der Waals surface area contributed by atoms with E-state index in [1.165, 1.54) is 18.3 Å². The third kappa shape index (κ3) is 3.06. The molecule has 24 heavy (non-hydrogen) atoms. The minimum Gasteiger partial charge on any atom is -0.387 e. The Morgan fingerprint density at radius 3 is 2.71 bits per heavy atom. The first-order valence-corrected chi connectivity index (χ1v) is 7.71. The molecule has 0 amide bonds. The van der Waals surface area contributed by atoms with Gasteiger partial charge in [0, 0.05) is 24.2 Å². The average Bonchev–Trinajstić information content (AvgIpc) is 2.55. The molecule has 6 heteroatoms. The Hall–Kier alpha value is -2.21. The Kier molecular flexibility index (Phi) is 4.41. The van der Waals surface area contributed by atoms with Gasteiger partial charge in [-0.2, -0.15) is 0 Å². The van der Waals surface area contributed by atoms with Crippen molar-refractivity contribution < 1.29 is 23.1 Å². The van der Waals surface area contributed by atoms with Crippen LogP contribution < -0.4 is 0 Å². The van der Waals surface area contributed by atoms with Crippen LogP contribution in [0, 0.1) is 11.6 Å². The van der Waals surface area contributed by atoms with Crippen LogP contribution in [0.25, 0.3) is 0 Å². The van der Waals surface area contributed by atoms with Crippen molar-refractivity contribution in [3.63, 3.8) is 0 Å². The predicted molar refractivity (Wildman–Crippen MR) is 80.9 cm³/mol. The summed E-state index contributed by atoms with van der Waals surface area (Å²) in [6.45, 7) is 0. The molecule has 0 fully saturated rings. The number of pyridine rings is 1. The molecule has 2 aromatic rings. The van der Waals surface area contributed by atoms with Crippen LogP contribution in [0.5, 0.6) is 0 Å². The van der Waals surface area contributed by atoms with Gasteiger partial charge in [-0.15, -0.1) is 0 Å². The van der Waals surface area contributed by atoms with Crippen LogP contribution in [-0.2, 0) is 16.9 Å². The van der Waals surface area contributed by atoms with E-state index in [4.69, 9.17) is 0 Å².